The third-order valence-electron chi connectivity index (χ3n) is 17.8. The Bertz CT molecular complexity index is 4020. The minimum atomic E-state index is -0.0557. The highest BCUT2D eigenvalue weighted by Crippen LogP contribution is 2.56. The zero-order valence-corrected chi connectivity index (χ0v) is 46.8. The summed E-state index contributed by atoms with van der Waals surface area (Å²) in [4.78, 5) is 0. The molecule has 2 unspecified atom stereocenters. The fourth-order valence-electron chi connectivity index (χ4n) is 13.7. The number of aryl methyl sites for hydroxylation is 2. The summed E-state index contributed by atoms with van der Waals surface area (Å²) in [7, 11) is 0. The van der Waals surface area contributed by atoms with Gasteiger partial charge in [-0.05, 0) is 222 Å². The Labute approximate surface area is 441 Å². The highest BCUT2D eigenvalue weighted by Gasteiger charge is 2.35. The maximum atomic E-state index is 2.70. The van der Waals surface area contributed by atoms with Crippen LogP contribution in [0.15, 0.2) is 145 Å². The number of allylic oxidation sites excluding steroid dienone is 9. The van der Waals surface area contributed by atoms with Gasteiger partial charge in [0.2, 0.25) is 0 Å². The van der Waals surface area contributed by atoms with Gasteiger partial charge >= 0.3 is 0 Å². The number of rotatable bonds is 4. The molecule has 0 nitrogen and oxygen atoms in total. The molecule has 0 amide bonds. The summed E-state index contributed by atoms with van der Waals surface area (Å²) >= 11 is 0. The van der Waals surface area contributed by atoms with Gasteiger partial charge in [0, 0.05) is 11.8 Å². The lowest BCUT2D eigenvalue weighted by Gasteiger charge is -2.34. The minimum Gasteiger partial charge on any atom is -0.0836 e. The Kier molecular flexibility index (Phi) is 11.1. The molecule has 0 heteroatoms. The van der Waals surface area contributed by atoms with Crippen LogP contribution in [-0.4, -0.2) is 0 Å². The summed E-state index contributed by atoms with van der Waals surface area (Å²) in [6.07, 6.45) is 24.1. The maximum absolute atomic E-state index is 2.70. The normalized spacial score (nSPS) is 18.1. The standard InChI is InChI=1S/C74H76/c1-15-52-58-41-63-64(42-59(58)60-38-47-20-16-17-23-53(47)43(2)65(52)60)68(62-40-51(74(12,13)14)35-37-55(62)45-28-32-49(33-29-45)72(6,7)8)70-57-25-19-22-46-21-18-24-56(66(46)57)69(70)67(63)61-39-50(73(9,10)11)34-36-54(61)44-26-30-48(31-27-44)71(3,4)5/h15,17-19,21-26,28-30,32-42,55,62H,16,20,27,31H2,1-14H3/b52-15-. The predicted octanol–water partition coefficient (Wildman–Crippen LogP) is 20.7. The molecule has 372 valence electrons. The first-order chi connectivity index (χ1) is 35.1. The summed E-state index contributed by atoms with van der Waals surface area (Å²) in [6, 6.07) is 39.4. The van der Waals surface area contributed by atoms with Crippen LogP contribution in [0.4, 0.5) is 0 Å². The first-order valence-corrected chi connectivity index (χ1v) is 27.9. The lowest BCUT2D eigenvalue weighted by Crippen LogP contribution is -2.18. The molecule has 9 aromatic rings. The predicted molar refractivity (Wildman–Crippen MR) is 326 cm³/mol. The Morgan fingerprint density at radius 3 is 1.85 bits per heavy atom. The molecule has 12 rings (SSSR count). The van der Waals surface area contributed by atoms with Crippen molar-refractivity contribution in [2.45, 2.75) is 145 Å². The van der Waals surface area contributed by atoms with E-state index in [0.29, 0.717) is 0 Å². The van der Waals surface area contributed by atoms with E-state index in [2.05, 4.69) is 243 Å². The molecule has 3 aliphatic rings. The third kappa shape index (κ3) is 7.67. The van der Waals surface area contributed by atoms with Crippen molar-refractivity contribution in [1.82, 2.24) is 0 Å². The van der Waals surface area contributed by atoms with Gasteiger partial charge in [-0.25, -0.2) is 0 Å². The van der Waals surface area contributed by atoms with Gasteiger partial charge in [-0.2, -0.15) is 0 Å². The van der Waals surface area contributed by atoms with Crippen molar-refractivity contribution in [2.75, 3.05) is 0 Å². The van der Waals surface area contributed by atoms with Gasteiger partial charge in [0.1, 0.15) is 0 Å². The van der Waals surface area contributed by atoms with Gasteiger partial charge in [-0.1, -0.05) is 210 Å². The van der Waals surface area contributed by atoms with E-state index < -0.39 is 0 Å². The topological polar surface area (TPSA) is 0 Å². The monoisotopic (exact) mass is 965 g/mol. The third-order valence-corrected chi connectivity index (χ3v) is 17.8. The Balaban J connectivity index is 1.32. The van der Waals surface area contributed by atoms with Gasteiger partial charge in [0.25, 0.3) is 0 Å². The van der Waals surface area contributed by atoms with Crippen molar-refractivity contribution in [2.24, 2.45) is 10.8 Å². The van der Waals surface area contributed by atoms with Crippen LogP contribution < -0.4 is 5.22 Å². The second-order valence-corrected chi connectivity index (χ2v) is 26.6. The number of fused-ring (bicyclic) bond motifs is 8. The van der Waals surface area contributed by atoms with Crippen molar-refractivity contribution in [3.05, 3.63) is 194 Å². The number of benzene rings is 7. The zero-order chi connectivity index (χ0) is 52.0. The molecule has 0 aromatic heterocycles. The minimum absolute atomic E-state index is 0.0406. The van der Waals surface area contributed by atoms with E-state index in [9.17, 15) is 0 Å². The molecule has 0 fully saturated rings. The zero-order valence-electron chi connectivity index (χ0n) is 46.8. The summed E-state index contributed by atoms with van der Waals surface area (Å²) < 4.78 is 0. The van der Waals surface area contributed by atoms with Crippen LogP contribution >= 0.6 is 0 Å². The van der Waals surface area contributed by atoms with Gasteiger partial charge in [0.05, 0.1) is 0 Å². The molecule has 0 aliphatic heterocycles. The van der Waals surface area contributed by atoms with Crippen LogP contribution in [-0.2, 0) is 17.3 Å². The van der Waals surface area contributed by atoms with Crippen LogP contribution in [0.5, 0.6) is 0 Å². The van der Waals surface area contributed by atoms with E-state index in [1.54, 1.807) is 0 Å². The first-order valence-electron chi connectivity index (χ1n) is 27.9. The molecule has 9 aromatic carbocycles. The SMILES string of the molecule is C/C=c1/c2cc3c(-c4cc(C(C)(C)C)ccc4C4=CC=C(C(C)(C)C)CC4)c4c5cccc6cccc(c4c(C4C=C(C(C)(C)C)C=CC4c4ccc(C(C)(C)C)cc4)c3cc2c2cc3c(c(C)c12)C=CCC3)c65. The molecule has 0 spiro atoms. The second kappa shape index (κ2) is 17.0. The van der Waals surface area contributed by atoms with Crippen molar-refractivity contribution in [3.63, 3.8) is 0 Å². The summed E-state index contributed by atoms with van der Waals surface area (Å²) in [5, 5.41) is 17.8. The van der Waals surface area contributed by atoms with Gasteiger partial charge < -0.3 is 0 Å². The summed E-state index contributed by atoms with van der Waals surface area (Å²) in [5.74, 6) is 0.183. The van der Waals surface area contributed by atoms with Crippen LogP contribution in [0.1, 0.15) is 166 Å². The van der Waals surface area contributed by atoms with Crippen LogP contribution in [0, 0.1) is 17.8 Å². The molecule has 3 aliphatic carbocycles. The van der Waals surface area contributed by atoms with Crippen molar-refractivity contribution >= 4 is 82.4 Å². The number of hydrogen-bond donors (Lipinski definition) is 0. The second-order valence-electron chi connectivity index (χ2n) is 26.6. The Morgan fingerprint density at radius 2 is 1.20 bits per heavy atom. The fraction of sp³-hybridized carbons (Fsp3) is 0.324. The van der Waals surface area contributed by atoms with Crippen LogP contribution in [0.2, 0.25) is 0 Å². The smallest absolute Gasteiger partial charge is 0.0140 e. The molecule has 0 heterocycles. The first kappa shape index (κ1) is 48.4. The average Bonchev–Trinajstić information content (AvgIpc) is 3.86. The Morgan fingerprint density at radius 1 is 0.514 bits per heavy atom. The summed E-state index contributed by atoms with van der Waals surface area (Å²) in [6.45, 7) is 33.1. The molecule has 2 atom stereocenters. The lowest BCUT2D eigenvalue weighted by molar-refractivity contribution is 0.482. The average molecular weight is 965 g/mol. The number of hydrogen-bond acceptors (Lipinski definition) is 0. The largest absolute Gasteiger partial charge is 0.0836 e. The summed E-state index contributed by atoms with van der Waals surface area (Å²) in [5.41, 5.74) is 18.4. The van der Waals surface area contributed by atoms with E-state index in [-0.39, 0.29) is 33.5 Å². The molecule has 0 radical (unpaired) electrons. The van der Waals surface area contributed by atoms with Crippen molar-refractivity contribution < 1.29 is 0 Å². The fourth-order valence-corrected chi connectivity index (χ4v) is 13.7. The van der Waals surface area contributed by atoms with Gasteiger partial charge in [-0.15, -0.1) is 0 Å². The molecule has 0 bridgehead atoms. The molecule has 0 saturated heterocycles. The van der Waals surface area contributed by atoms with Crippen molar-refractivity contribution in [1.29, 1.82) is 0 Å². The van der Waals surface area contributed by atoms with E-state index in [4.69, 9.17) is 0 Å². The lowest BCUT2D eigenvalue weighted by atomic mass is 9.70. The Hall–Kier alpha value is -6.50. The quantitative estimate of drug-likeness (QED) is 0.165. The van der Waals surface area contributed by atoms with E-state index in [1.807, 2.05) is 0 Å². The highest BCUT2D eigenvalue weighted by molar-refractivity contribution is 6.38. The van der Waals surface area contributed by atoms with Gasteiger partial charge in [-0.3, -0.25) is 0 Å². The highest BCUT2D eigenvalue weighted by atomic mass is 14.4. The molecule has 0 N–H and O–H groups in total. The van der Waals surface area contributed by atoms with Crippen LogP contribution in [0.25, 0.3) is 93.5 Å². The maximum Gasteiger partial charge on any atom is 0.0140 e. The van der Waals surface area contributed by atoms with E-state index in [0.717, 1.165) is 25.7 Å². The van der Waals surface area contributed by atoms with Crippen molar-refractivity contribution in [3.8, 4) is 11.1 Å². The van der Waals surface area contributed by atoms with Crippen LogP contribution in [0.3, 0.4) is 0 Å². The van der Waals surface area contributed by atoms with Gasteiger partial charge in [0.15, 0.2) is 0 Å². The van der Waals surface area contributed by atoms with E-state index >= 15 is 0 Å². The molecule has 74 heavy (non-hydrogen) atoms. The molecular weight excluding hydrogens is 889 g/mol. The molecular formula is C74H76. The molecule has 0 saturated carbocycles. The van der Waals surface area contributed by atoms with E-state index in [1.165, 1.54) is 142 Å².